The van der Waals surface area contributed by atoms with Gasteiger partial charge in [-0.2, -0.15) is 5.10 Å². The number of halogens is 1. The molecule has 32 heavy (non-hydrogen) atoms. The van der Waals surface area contributed by atoms with E-state index in [4.69, 9.17) is 0 Å². The first kappa shape index (κ1) is 23.6. The molecule has 0 saturated carbocycles. The van der Waals surface area contributed by atoms with E-state index >= 15 is 0 Å². The highest BCUT2D eigenvalue weighted by Crippen LogP contribution is 2.27. The lowest BCUT2D eigenvalue weighted by atomic mass is 9.92. The Morgan fingerprint density at radius 1 is 1.03 bits per heavy atom. The summed E-state index contributed by atoms with van der Waals surface area (Å²) in [5.41, 5.74) is 1.36. The third-order valence-electron chi connectivity index (χ3n) is 4.61. The van der Waals surface area contributed by atoms with Gasteiger partial charge in [-0.3, -0.25) is 4.79 Å². The maximum atomic E-state index is 13.4. The highest BCUT2D eigenvalue weighted by atomic mass is 32.2. The van der Waals surface area contributed by atoms with Gasteiger partial charge >= 0.3 is 0 Å². The first-order valence-electron chi connectivity index (χ1n) is 10.2. The van der Waals surface area contributed by atoms with Crippen LogP contribution >= 0.6 is 0 Å². The lowest BCUT2D eigenvalue weighted by molar-refractivity contribution is 0.102. The maximum Gasteiger partial charge on any atom is 0.256 e. The Labute approximate surface area is 187 Å². The molecule has 7 nitrogen and oxygen atoms in total. The zero-order valence-corrected chi connectivity index (χ0v) is 19.5. The highest BCUT2D eigenvalue weighted by Gasteiger charge is 2.22. The van der Waals surface area contributed by atoms with E-state index in [0.29, 0.717) is 11.5 Å². The molecule has 2 aromatic carbocycles. The summed E-state index contributed by atoms with van der Waals surface area (Å²) in [5, 5.41) is 7.42. The van der Waals surface area contributed by atoms with Crippen LogP contribution in [-0.2, 0) is 15.4 Å². The zero-order valence-electron chi connectivity index (χ0n) is 18.7. The summed E-state index contributed by atoms with van der Waals surface area (Å²) in [5.74, 6) is -0.372. The minimum Gasteiger partial charge on any atom is -0.306 e. The number of nitrogens with zero attached hydrogens (tertiary/aromatic N) is 2. The van der Waals surface area contributed by atoms with E-state index in [1.165, 1.54) is 36.4 Å². The number of hydrogen-bond acceptors (Lipinski definition) is 4. The molecular weight excluding hydrogens is 431 g/mol. The monoisotopic (exact) mass is 458 g/mol. The summed E-state index contributed by atoms with van der Waals surface area (Å²) in [6.45, 7) is 9.46. The zero-order chi connectivity index (χ0) is 23.7. The number of hydrogen-bond donors (Lipinski definition) is 2. The van der Waals surface area contributed by atoms with Crippen molar-refractivity contribution in [1.29, 1.82) is 0 Å². The standard InChI is InChI=1S/C23H27FN4O3S/c1-15(2)27-32(30,31)19-12-6-16(7-13-19)22(29)25-21-14-20(23(3,4)5)26-28(21)18-10-8-17(24)9-11-18/h6-15,27H,1-5H3,(H,25,29). The molecule has 170 valence electrons. The number of carbonyl (C=O) groups is 1. The van der Waals surface area contributed by atoms with Crippen molar-refractivity contribution in [1.82, 2.24) is 14.5 Å². The second-order valence-electron chi connectivity index (χ2n) is 8.81. The van der Waals surface area contributed by atoms with Gasteiger partial charge in [-0.15, -0.1) is 0 Å². The van der Waals surface area contributed by atoms with Crippen molar-refractivity contribution in [3.8, 4) is 5.69 Å². The Bertz CT molecular complexity index is 1210. The van der Waals surface area contributed by atoms with Gasteiger partial charge in [0, 0.05) is 23.1 Å². The molecule has 0 aliphatic heterocycles. The number of amides is 1. The van der Waals surface area contributed by atoms with Gasteiger partial charge < -0.3 is 5.32 Å². The topological polar surface area (TPSA) is 93.1 Å². The van der Waals surface area contributed by atoms with Gasteiger partial charge in [0.25, 0.3) is 5.91 Å². The molecule has 1 heterocycles. The molecule has 1 aromatic heterocycles. The van der Waals surface area contributed by atoms with Gasteiger partial charge in [-0.1, -0.05) is 20.8 Å². The third-order valence-corrected chi connectivity index (χ3v) is 6.28. The number of anilines is 1. The van der Waals surface area contributed by atoms with Gasteiger partial charge in [0.15, 0.2) is 0 Å². The van der Waals surface area contributed by atoms with Crippen LogP contribution < -0.4 is 10.0 Å². The van der Waals surface area contributed by atoms with Crippen LogP contribution in [0.3, 0.4) is 0 Å². The van der Waals surface area contributed by atoms with Crippen LogP contribution in [0.15, 0.2) is 59.5 Å². The molecule has 0 aliphatic carbocycles. The van der Waals surface area contributed by atoms with Crippen LogP contribution in [0.1, 0.15) is 50.7 Å². The fourth-order valence-corrected chi connectivity index (χ4v) is 4.22. The molecule has 0 spiro atoms. The fourth-order valence-electron chi connectivity index (χ4n) is 2.97. The average Bonchev–Trinajstić information content (AvgIpc) is 3.12. The van der Waals surface area contributed by atoms with Crippen LogP contribution in [0, 0.1) is 5.82 Å². The van der Waals surface area contributed by atoms with E-state index in [1.54, 1.807) is 36.7 Å². The van der Waals surface area contributed by atoms with Crippen molar-refractivity contribution in [2.75, 3.05) is 5.32 Å². The molecule has 0 radical (unpaired) electrons. The summed E-state index contributed by atoms with van der Waals surface area (Å²) in [6.07, 6.45) is 0. The van der Waals surface area contributed by atoms with Gasteiger partial charge in [-0.05, 0) is 62.4 Å². The molecule has 0 bridgehead atoms. The Morgan fingerprint density at radius 3 is 2.16 bits per heavy atom. The molecule has 0 unspecified atom stereocenters. The van der Waals surface area contributed by atoms with Crippen LogP contribution in [0.2, 0.25) is 0 Å². The fraction of sp³-hybridized carbons (Fsp3) is 0.304. The smallest absolute Gasteiger partial charge is 0.256 e. The Balaban J connectivity index is 1.90. The molecule has 0 saturated heterocycles. The minimum atomic E-state index is -3.65. The quantitative estimate of drug-likeness (QED) is 0.578. The number of aromatic nitrogens is 2. The van der Waals surface area contributed by atoms with Crippen molar-refractivity contribution in [3.63, 3.8) is 0 Å². The van der Waals surface area contributed by atoms with Crippen LogP contribution in [-0.4, -0.2) is 30.1 Å². The normalized spacial score (nSPS) is 12.2. The van der Waals surface area contributed by atoms with E-state index in [0.717, 1.165) is 5.69 Å². The van der Waals surface area contributed by atoms with Gasteiger partial charge in [-0.25, -0.2) is 22.2 Å². The molecule has 3 aromatic rings. The van der Waals surface area contributed by atoms with E-state index in [9.17, 15) is 17.6 Å². The van der Waals surface area contributed by atoms with Crippen molar-refractivity contribution in [2.24, 2.45) is 0 Å². The van der Waals surface area contributed by atoms with Crippen LogP contribution in [0.4, 0.5) is 10.2 Å². The Hall–Kier alpha value is -3.04. The van der Waals surface area contributed by atoms with Crippen molar-refractivity contribution < 1.29 is 17.6 Å². The second-order valence-corrected chi connectivity index (χ2v) is 10.5. The summed E-state index contributed by atoms with van der Waals surface area (Å²) in [4.78, 5) is 13.0. The number of sulfonamides is 1. The van der Waals surface area contributed by atoms with Crippen molar-refractivity contribution in [2.45, 2.75) is 51.0 Å². The summed E-state index contributed by atoms with van der Waals surface area (Å²) >= 11 is 0. The molecular formula is C23H27FN4O3S. The third kappa shape index (κ3) is 5.41. The Morgan fingerprint density at radius 2 is 1.62 bits per heavy atom. The molecule has 1 amide bonds. The van der Waals surface area contributed by atoms with Crippen LogP contribution in [0.5, 0.6) is 0 Å². The summed E-state index contributed by atoms with van der Waals surface area (Å²) in [6, 6.07) is 13.0. The molecule has 3 rings (SSSR count). The largest absolute Gasteiger partial charge is 0.306 e. The number of rotatable bonds is 6. The number of carbonyl (C=O) groups excluding carboxylic acids is 1. The van der Waals surface area contributed by atoms with Crippen molar-refractivity contribution >= 4 is 21.7 Å². The minimum absolute atomic E-state index is 0.0779. The summed E-state index contributed by atoms with van der Waals surface area (Å²) in [7, 11) is -3.65. The van der Waals surface area contributed by atoms with Gasteiger partial charge in [0.2, 0.25) is 10.0 Å². The first-order chi connectivity index (χ1) is 14.9. The van der Waals surface area contributed by atoms with Crippen molar-refractivity contribution in [3.05, 3.63) is 71.7 Å². The van der Waals surface area contributed by atoms with Gasteiger partial charge in [0.05, 0.1) is 16.3 Å². The average molecular weight is 459 g/mol. The van der Waals surface area contributed by atoms with Gasteiger partial charge in [0.1, 0.15) is 11.6 Å². The predicted molar refractivity (Wildman–Crippen MR) is 122 cm³/mol. The Kier molecular flexibility index (Phi) is 6.52. The lowest BCUT2D eigenvalue weighted by Crippen LogP contribution is -2.30. The lowest BCUT2D eigenvalue weighted by Gasteiger charge is -2.14. The van der Waals surface area contributed by atoms with E-state index in [2.05, 4.69) is 15.1 Å². The highest BCUT2D eigenvalue weighted by molar-refractivity contribution is 7.89. The molecule has 9 heteroatoms. The van der Waals surface area contributed by atoms with Crippen LogP contribution in [0.25, 0.3) is 5.69 Å². The number of benzene rings is 2. The maximum absolute atomic E-state index is 13.4. The molecule has 0 fully saturated rings. The van der Waals surface area contributed by atoms with E-state index < -0.39 is 15.9 Å². The second kappa shape index (κ2) is 8.84. The molecule has 0 atom stereocenters. The van der Waals surface area contributed by atoms with E-state index in [1.807, 2.05) is 20.8 Å². The summed E-state index contributed by atoms with van der Waals surface area (Å²) < 4.78 is 42.0. The van der Waals surface area contributed by atoms with E-state index in [-0.39, 0.29) is 27.7 Å². The molecule has 2 N–H and O–H groups in total. The molecule has 0 aliphatic rings. The first-order valence-corrected chi connectivity index (χ1v) is 11.7. The predicted octanol–water partition coefficient (Wildman–Crippen LogP) is 4.25. The number of nitrogens with one attached hydrogen (secondary N) is 2. The SMILES string of the molecule is CC(C)NS(=O)(=O)c1ccc(C(=O)Nc2cc(C(C)(C)C)nn2-c2ccc(F)cc2)cc1.